The average Bonchev–Trinajstić information content (AvgIpc) is 2.94. The molecule has 2 aromatic rings. The van der Waals surface area contributed by atoms with Gasteiger partial charge in [0.2, 0.25) is 0 Å². The van der Waals surface area contributed by atoms with E-state index in [1.54, 1.807) is 12.0 Å². The summed E-state index contributed by atoms with van der Waals surface area (Å²) in [4.78, 5) is 14.5. The van der Waals surface area contributed by atoms with Crippen molar-refractivity contribution in [2.24, 2.45) is 5.41 Å². The van der Waals surface area contributed by atoms with Gasteiger partial charge in [0.15, 0.2) is 5.76 Å². The molecule has 3 rings (SSSR count). The number of carbonyl (C=O) groups excluding carboxylic acids is 1. The van der Waals surface area contributed by atoms with Crippen LogP contribution in [0.1, 0.15) is 37.7 Å². The van der Waals surface area contributed by atoms with Gasteiger partial charge in [0.25, 0.3) is 5.91 Å². The molecule has 0 spiro atoms. The van der Waals surface area contributed by atoms with Crippen LogP contribution in [0.2, 0.25) is 0 Å². The molecule has 0 radical (unpaired) electrons. The number of rotatable bonds is 3. The monoisotopic (exact) mass is 301 g/mol. The SMILES string of the molecule is CO[C@@]1(C)C[C@@H](N(C)C(=O)c2cc3ccccc3o2)C1(C)C. The summed E-state index contributed by atoms with van der Waals surface area (Å²) in [7, 11) is 3.58. The first-order chi connectivity index (χ1) is 10.3. The third-order valence-corrected chi connectivity index (χ3v) is 5.65. The summed E-state index contributed by atoms with van der Waals surface area (Å²) >= 11 is 0. The lowest BCUT2D eigenvalue weighted by molar-refractivity contribution is -0.198. The van der Waals surface area contributed by atoms with E-state index in [0.717, 1.165) is 17.4 Å². The molecule has 0 bridgehead atoms. The molecule has 1 aliphatic rings. The molecule has 0 aliphatic heterocycles. The Morgan fingerprint density at radius 3 is 2.59 bits per heavy atom. The highest BCUT2D eigenvalue weighted by Gasteiger charge is 2.60. The fourth-order valence-corrected chi connectivity index (χ4v) is 3.48. The van der Waals surface area contributed by atoms with Crippen LogP contribution in [0.15, 0.2) is 34.7 Å². The highest BCUT2D eigenvalue weighted by atomic mass is 16.5. The van der Waals surface area contributed by atoms with Crippen LogP contribution in [0.25, 0.3) is 11.0 Å². The molecule has 1 amide bonds. The predicted molar refractivity (Wildman–Crippen MR) is 85.9 cm³/mol. The van der Waals surface area contributed by atoms with Crippen LogP contribution >= 0.6 is 0 Å². The summed E-state index contributed by atoms with van der Waals surface area (Å²) in [6.07, 6.45) is 0.832. The van der Waals surface area contributed by atoms with Gasteiger partial charge in [-0.25, -0.2) is 0 Å². The van der Waals surface area contributed by atoms with E-state index in [1.807, 2.05) is 37.4 Å². The van der Waals surface area contributed by atoms with Crippen molar-refractivity contribution < 1.29 is 13.9 Å². The number of nitrogens with zero attached hydrogens (tertiary/aromatic N) is 1. The summed E-state index contributed by atoms with van der Waals surface area (Å²) < 4.78 is 11.3. The first-order valence-electron chi connectivity index (χ1n) is 7.61. The maximum atomic E-state index is 12.7. The topological polar surface area (TPSA) is 42.7 Å². The molecule has 1 saturated carbocycles. The lowest BCUT2D eigenvalue weighted by atomic mass is 9.55. The maximum absolute atomic E-state index is 12.7. The lowest BCUT2D eigenvalue weighted by Gasteiger charge is -2.61. The van der Waals surface area contributed by atoms with Crippen LogP contribution in [0, 0.1) is 5.41 Å². The van der Waals surface area contributed by atoms with Crippen molar-refractivity contribution in [3.8, 4) is 0 Å². The van der Waals surface area contributed by atoms with Gasteiger partial charge in [-0.15, -0.1) is 0 Å². The van der Waals surface area contributed by atoms with Gasteiger partial charge in [-0.2, -0.15) is 0 Å². The number of carbonyl (C=O) groups is 1. The second-order valence-electron chi connectivity index (χ2n) is 6.94. The number of furan rings is 1. The summed E-state index contributed by atoms with van der Waals surface area (Å²) in [5, 5.41) is 0.953. The van der Waals surface area contributed by atoms with Crippen molar-refractivity contribution in [2.75, 3.05) is 14.2 Å². The Morgan fingerprint density at radius 1 is 1.32 bits per heavy atom. The van der Waals surface area contributed by atoms with E-state index in [2.05, 4.69) is 20.8 Å². The van der Waals surface area contributed by atoms with Gasteiger partial charge in [0.1, 0.15) is 5.58 Å². The molecule has 0 N–H and O–H groups in total. The van der Waals surface area contributed by atoms with E-state index in [-0.39, 0.29) is 23.0 Å². The van der Waals surface area contributed by atoms with Crippen LogP contribution in [0.4, 0.5) is 0 Å². The minimum absolute atomic E-state index is 0.0765. The first kappa shape index (κ1) is 15.1. The molecule has 118 valence electrons. The van der Waals surface area contributed by atoms with Crippen LogP contribution in [-0.2, 0) is 4.74 Å². The van der Waals surface area contributed by atoms with Gasteiger partial charge < -0.3 is 14.1 Å². The van der Waals surface area contributed by atoms with Crippen LogP contribution in [0.3, 0.4) is 0 Å². The van der Waals surface area contributed by atoms with Gasteiger partial charge in [0.05, 0.1) is 5.60 Å². The molecular weight excluding hydrogens is 278 g/mol. The first-order valence-corrected chi connectivity index (χ1v) is 7.61. The lowest BCUT2D eigenvalue weighted by Crippen LogP contribution is -2.68. The van der Waals surface area contributed by atoms with Crippen LogP contribution in [0.5, 0.6) is 0 Å². The Morgan fingerprint density at radius 2 is 2.00 bits per heavy atom. The second kappa shape index (κ2) is 4.85. The Balaban J connectivity index is 1.84. The molecule has 1 aromatic heterocycles. The third kappa shape index (κ3) is 1.97. The van der Waals surface area contributed by atoms with Gasteiger partial charge in [0, 0.05) is 31.0 Å². The number of methoxy groups -OCH3 is 1. The predicted octanol–water partition coefficient (Wildman–Crippen LogP) is 3.71. The Labute approximate surface area is 131 Å². The molecule has 0 saturated heterocycles. The Bertz CT molecular complexity index is 685. The number of amides is 1. The number of benzene rings is 1. The second-order valence-corrected chi connectivity index (χ2v) is 6.94. The summed E-state index contributed by atoms with van der Waals surface area (Å²) in [5.41, 5.74) is 0.451. The van der Waals surface area contributed by atoms with Crippen molar-refractivity contribution >= 4 is 16.9 Å². The standard InChI is InChI=1S/C18H23NO3/c1-17(2)15(11-18(17,3)21-5)19(4)16(20)14-10-12-8-6-7-9-13(12)22-14/h6-10,15H,11H2,1-5H3/t15-,18+/m1/s1. The van der Waals surface area contributed by atoms with Crippen molar-refractivity contribution in [3.63, 3.8) is 0 Å². The van der Waals surface area contributed by atoms with Crippen molar-refractivity contribution in [1.29, 1.82) is 0 Å². The molecule has 2 atom stereocenters. The number of hydrogen-bond donors (Lipinski definition) is 0. The number of para-hydroxylation sites is 1. The van der Waals surface area contributed by atoms with Crippen molar-refractivity contribution in [3.05, 3.63) is 36.1 Å². The zero-order chi connectivity index (χ0) is 16.1. The molecule has 22 heavy (non-hydrogen) atoms. The van der Waals surface area contributed by atoms with E-state index < -0.39 is 0 Å². The maximum Gasteiger partial charge on any atom is 0.289 e. The quantitative estimate of drug-likeness (QED) is 0.868. The van der Waals surface area contributed by atoms with E-state index in [0.29, 0.717) is 5.76 Å². The molecule has 1 aliphatic carbocycles. The third-order valence-electron chi connectivity index (χ3n) is 5.65. The van der Waals surface area contributed by atoms with Crippen LogP contribution < -0.4 is 0 Å². The zero-order valence-corrected chi connectivity index (χ0v) is 13.8. The molecule has 4 nitrogen and oxygen atoms in total. The summed E-state index contributed by atoms with van der Waals surface area (Å²) in [5.74, 6) is 0.318. The van der Waals surface area contributed by atoms with E-state index in [4.69, 9.17) is 9.15 Å². The molecule has 1 fully saturated rings. The van der Waals surface area contributed by atoms with Gasteiger partial charge in [-0.05, 0) is 25.5 Å². The summed E-state index contributed by atoms with van der Waals surface area (Å²) in [6.45, 7) is 6.39. The normalized spacial score (nSPS) is 26.7. The summed E-state index contributed by atoms with van der Waals surface area (Å²) in [6, 6.07) is 9.62. The van der Waals surface area contributed by atoms with Crippen molar-refractivity contribution in [1.82, 2.24) is 4.90 Å². The van der Waals surface area contributed by atoms with E-state index in [9.17, 15) is 4.79 Å². The Hall–Kier alpha value is -1.81. The fourth-order valence-electron chi connectivity index (χ4n) is 3.48. The smallest absolute Gasteiger partial charge is 0.289 e. The fraction of sp³-hybridized carbons (Fsp3) is 0.500. The zero-order valence-electron chi connectivity index (χ0n) is 13.8. The molecule has 4 heteroatoms. The largest absolute Gasteiger partial charge is 0.451 e. The molecular formula is C18H23NO3. The number of fused-ring (bicyclic) bond motifs is 1. The van der Waals surface area contributed by atoms with E-state index >= 15 is 0 Å². The molecule has 1 aromatic carbocycles. The van der Waals surface area contributed by atoms with Crippen LogP contribution in [-0.4, -0.2) is 36.6 Å². The minimum atomic E-state index is -0.194. The van der Waals surface area contributed by atoms with Gasteiger partial charge in [-0.3, -0.25) is 4.79 Å². The minimum Gasteiger partial charge on any atom is -0.451 e. The molecule has 0 unspecified atom stereocenters. The highest BCUT2D eigenvalue weighted by Crippen LogP contribution is 2.53. The number of ether oxygens (including phenoxy) is 1. The van der Waals surface area contributed by atoms with Gasteiger partial charge >= 0.3 is 0 Å². The van der Waals surface area contributed by atoms with E-state index in [1.165, 1.54) is 0 Å². The van der Waals surface area contributed by atoms with Gasteiger partial charge in [-0.1, -0.05) is 32.0 Å². The molecule has 1 heterocycles. The highest BCUT2D eigenvalue weighted by molar-refractivity contribution is 5.96. The number of hydrogen-bond acceptors (Lipinski definition) is 3. The average molecular weight is 301 g/mol. The Kier molecular flexibility index (Phi) is 3.33. The van der Waals surface area contributed by atoms with Crippen molar-refractivity contribution in [2.45, 2.75) is 38.8 Å².